The maximum Gasteiger partial charge on any atom is 0.262 e. The number of sulfonamides is 1. The SMILES string of the molecule is Cn1cnc(S(=O)(=O)N2CC(NCc3ccccn3)C(c3ccc(F)cc3)C2)c1. The second kappa shape index (κ2) is 8.02. The van der Waals surface area contributed by atoms with Crippen molar-refractivity contribution in [2.75, 3.05) is 13.1 Å². The lowest BCUT2D eigenvalue weighted by molar-refractivity contribution is 0.453. The molecule has 2 atom stereocenters. The molecule has 1 fully saturated rings. The molecule has 7 nitrogen and oxygen atoms in total. The molecule has 3 aromatic rings. The minimum absolute atomic E-state index is 0.0308. The molecule has 1 aliphatic heterocycles. The number of nitrogens with zero attached hydrogens (tertiary/aromatic N) is 4. The van der Waals surface area contributed by atoms with Gasteiger partial charge < -0.3 is 9.88 Å². The van der Waals surface area contributed by atoms with Crippen LogP contribution in [-0.2, 0) is 23.6 Å². The van der Waals surface area contributed by atoms with Crippen molar-refractivity contribution in [3.05, 3.63) is 78.3 Å². The molecule has 0 spiro atoms. The van der Waals surface area contributed by atoms with Gasteiger partial charge in [-0.2, -0.15) is 4.31 Å². The molecule has 3 heterocycles. The molecule has 0 amide bonds. The zero-order chi connectivity index (χ0) is 20.4. The van der Waals surface area contributed by atoms with Crippen LogP contribution in [0.5, 0.6) is 0 Å². The van der Waals surface area contributed by atoms with Crippen LogP contribution >= 0.6 is 0 Å². The first-order valence-corrected chi connectivity index (χ1v) is 10.7. The Morgan fingerprint density at radius 1 is 1.14 bits per heavy atom. The Balaban J connectivity index is 1.59. The summed E-state index contributed by atoms with van der Waals surface area (Å²) in [5.41, 5.74) is 1.76. The van der Waals surface area contributed by atoms with Gasteiger partial charge in [-0.05, 0) is 29.8 Å². The summed E-state index contributed by atoms with van der Waals surface area (Å²) in [6.45, 7) is 1.11. The van der Waals surface area contributed by atoms with Gasteiger partial charge in [-0.15, -0.1) is 0 Å². The molecule has 0 bridgehead atoms. The lowest BCUT2D eigenvalue weighted by Gasteiger charge is -2.20. The first-order chi connectivity index (χ1) is 13.9. The van der Waals surface area contributed by atoms with Gasteiger partial charge >= 0.3 is 0 Å². The minimum Gasteiger partial charge on any atom is -0.339 e. The van der Waals surface area contributed by atoms with Gasteiger partial charge in [0.1, 0.15) is 5.82 Å². The van der Waals surface area contributed by atoms with Crippen molar-refractivity contribution < 1.29 is 12.8 Å². The number of benzene rings is 1. The molecule has 0 radical (unpaired) electrons. The van der Waals surface area contributed by atoms with Crippen LogP contribution in [0.4, 0.5) is 4.39 Å². The average molecular weight is 415 g/mol. The Morgan fingerprint density at radius 3 is 2.59 bits per heavy atom. The number of hydrogen-bond donors (Lipinski definition) is 1. The van der Waals surface area contributed by atoms with Crippen molar-refractivity contribution >= 4 is 10.0 Å². The molecule has 29 heavy (non-hydrogen) atoms. The molecule has 1 aromatic carbocycles. The van der Waals surface area contributed by atoms with E-state index in [0.29, 0.717) is 19.6 Å². The van der Waals surface area contributed by atoms with Gasteiger partial charge in [-0.25, -0.2) is 17.8 Å². The molecule has 1 aliphatic rings. The van der Waals surface area contributed by atoms with E-state index in [1.165, 1.54) is 29.0 Å². The molecule has 2 aromatic heterocycles. The summed E-state index contributed by atoms with van der Waals surface area (Å²) in [4.78, 5) is 8.32. The summed E-state index contributed by atoms with van der Waals surface area (Å²) < 4.78 is 42.5. The van der Waals surface area contributed by atoms with Gasteiger partial charge in [0, 0.05) is 51.0 Å². The molecule has 152 valence electrons. The van der Waals surface area contributed by atoms with E-state index in [0.717, 1.165) is 11.3 Å². The van der Waals surface area contributed by atoms with Crippen LogP contribution in [0.3, 0.4) is 0 Å². The second-order valence-corrected chi connectivity index (χ2v) is 9.05. The monoisotopic (exact) mass is 415 g/mol. The smallest absolute Gasteiger partial charge is 0.262 e. The maximum absolute atomic E-state index is 13.4. The Labute approximate surface area is 169 Å². The lowest BCUT2D eigenvalue weighted by atomic mass is 9.94. The molecular formula is C20H22FN5O2S. The van der Waals surface area contributed by atoms with Crippen LogP contribution in [0.25, 0.3) is 0 Å². The average Bonchev–Trinajstić information content (AvgIpc) is 3.35. The highest BCUT2D eigenvalue weighted by Gasteiger charge is 2.40. The predicted molar refractivity (Wildman–Crippen MR) is 106 cm³/mol. The Bertz CT molecular complexity index is 1070. The Morgan fingerprint density at radius 2 is 1.93 bits per heavy atom. The van der Waals surface area contributed by atoms with Crippen LogP contribution in [0.1, 0.15) is 17.2 Å². The van der Waals surface area contributed by atoms with E-state index in [4.69, 9.17) is 0 Å². The van der Waals surface area contributed by atoms with Crippen LogP contribution in [0.2, 0.25) is 0 Å². The zero-order valence-electron chi connectivity index (χ0n) is 15.9. The van der Waals surface area contributed by atoms with E-state index in [1.807, 2.05) is 18.2 Å². The molecule has 2 unspecified atom stereocenters. The second-order valence-electron chi connectivity index (χ2n) is 7.17. The van der Waals surface area contributed by atoms with Gasteiger partial charge in [0.05, 0.1) is 12.0 Å². The van der Waals surface area contributed by atoms with Crippen molar-refractivity contribution in [1.29, 1.82) is 0 Å². The van der Waals surface area contributed by atoms with Crippen LogP contribution < -0.4 is 5.32 Å². The largest absolute Gasteiger partial charge is 0.339 e. The Hall–Kier alpha value is -2.62. The molecule has 1 N–H and O–H groups in total. The van der Waals surface area contributed by atoms with Gasteiger partial charge in [-0.3, -0.25) is 4.98 Å². The van der Waals surface area contributed by atoms with Crippen molar-refractivity contribution in [2.24, 2.45) is 7.05 Å². The number of hydrogen-bond acceptors (Lipinski definition) is 5. The lowest BCUT2D eigenvalue weighted by Crippen LogP contribution is -2.36. The normalized spacial score (nSPS) is 20.2. The number of aromatic nitrogens is 3. The zero-order valence-corrected chi connectivity index (χ0v) is 16.8. The summed E-state index contributed by atoms with van der Waals surface area (Å²) in [6.07, 6.45) is 4.69. The van der Waals surface area contributed by atoms with E-state index in [9.17, 15) is 12.8 Å². The third kappa shape index (κ3) is 4.21. The number of pyridine rings is 1. The van der Waals surface area contributed by atoms with Crippen molar-refractivity contribution in [2.45, 2.75) is 23.5 Å². The fourth-order valence-corrected chi connectivity index (χ4v) is 5.07. The van der Waals surface area contributed by atoms with E-state index in [1.54, 1.807) is 29.9 Å². The molecular weight excluding hydrogens is 393 g/mol. The quantitative estimate of drug-likeness (QED) is 0.665. The molecule has 4 rings (SSSR count). The number of rotatable bonds is 6. The van der Waals surface area contributed by atoms with Gasteiger partial charge in [0.25, 0.3) is 10.0 Å². The topological polar surface area (TPSA) is 80.1 Å². The highest BCUT2D eigenvalue weighted by atomic mass is 32.2. The van der Waals surface area contributed by atoms with Crippen LogP contribution in [0.15, 0.2) is 66.2 Å². The van der Waals surface area contributed by atoms with Crippen molar-refractivity contribution in [1.82, 2.24) is 24.2 Å². The highest BCUT2D eigenvalue weighted by molar-refractivity contribution is 7.89. The number of aryl methyl sites for hydroxylation is 1. The molecule has 9 heteroatoms. The highest BCUT2D eigenvalue weighted by Crippen LogP contribution is 2.31. The van der Waals surface area contributed by atoms with Crippen molar-refractivity contribution in [3.63, 3.8) is 0 Å². The fourth-order valence-electron chi connectivity index (χ4n) is 3.61. The van der Waals surface area contributed by atoms with E-state index >= 15 is 0 Å². The third-order valence-electron chi connectivity index (χ3n) is 5.14. The van der Waals surface area contributed by atoms with Crippen molar-refractivity contribution in [3.8, 4) is 0 Å². The van der Waals surface area contributed by atoms with Gasteiger partial charge in [0.2, 0.25) is 0 Å². The Kier molecular flexibility index (Phi) is 5.44. The summed E-state index contributed by atoms with van der Waals surface area (Å²) in [7, 11) is -1.98. The summed E-state index contributed by atoms with van der Waals surface area (Å²) in [5.74, 6) is -0.430. The van der Waals surface area contributed by atoms with E-state index in [2.05, 4.69) is 15.3 Å². The standard InChI is InChI=1S/C20H22FN5O2S/c1-25-13-20(24-14-25)29(27,28)26-11-18(15-5-7-16(21)8-6-15)19(12-26)23-10-17-4-2-3-9-22-17/h2-9,13-14,18-19,23H,10-12H2,1H3. The summed E-state index contributed by atoms with van der Waals surface area (Å²) in [5, 5.41) is 3.46. The molecule has 0 aliphatic carbocycles. The summed E-state index contributed by atoms with van der Waals surface area (Å²) in [6, 6.07) is 11.8. The summed E-state index contributed by atoms with van der Waals surface area (Å²) >= 11 is 0. The van der Waals surface area contributed by atoms with Crippen LogP contribution in [0, 0.1) is 5.82 Å². The number of nitrogens with one attached hydrogen (secondary N) is 1. The predicted octanol–water partition coefficient (Wildman–Crippen LogP) is 1.90. The van der Waals surface area contributed by atoms with E-state index in [-0.39, 0.29) is 22.8 Å². The molecule has 0 saturated carbocycles. The third-order valence-corrected chi connectivity index (χ3v) is 6.86. The maximum atomic E-state index is 13.4. The van der Waals surface area contributed by atoms with Crippen LogP contribution in [-0.4, -0.2) is 46.4 Å². The number of imidazole rings is 1. The van der Waals surface area contributed by atoms with E-state index < -0.39 is 10.0 Å². The fraction of sp³-hybridized carbons (Fsp3) is 0.300. The first kappa shape index (κ1) is 19.7. The first-order valence-electron chi connectivity index (χ1n) is 9.30. The molecule has 1 saturated heterocycles. The number of halogens is 1. The van der Waals surface area contributed by atoms with Gasteiger partial charge in [0.15, 0.2) is 5.03 Å². The van der Waals surface area contributed by atoms with Gasteiger partial charge in [-0.1, -0.05) is 18.2 Å². The minimum atomic E-state index is -3.71.